The molecule has 2 aromatic rings. The fraction of sp³-hybridized carbons (Fsp3) is 0.333. The molecule has 2 rings (SSSR count). The van der Waals surface area contributed by atoms with Crippen molar-refractivity contribution in [2.75, 3.05) is 6.61 Å². The number of carbonyl (C=O) groups excluding carboxylic acids is 2. The van der Waals surface area contributed by atoms with Gasteiger partial charge in [0.2, 0.25) is 0 Å². The highest BCUT2D eigenvalue weighted by Gasteiger charge is 2.30. The van der Waals surface area contributed by atoms with Crippen LogP contribution in [-0.2, 0) is 30.9 Å². The van der Waals surface area contributed by atoms with Gasteiger partial charge in [-0.15, -0.1) is 11.3 Å². The molecule has 0 aliphatic carbocycles. The first-order valence-electron chi connectivity index (χ1n) is 8.32. The highest BCUT2D eigenvalue weighted by Crippen LogP contribution is 2.17. The number of amides is 1. The summed E-state index contributed by atoms with van der Waals surface area (Å²) in [6, 6.07) is 11.3. The van der Waals surface area contributed by atoms with Crippen molar-refractivity contribution in [1.29, 1.82) is 0 Å². The molecule has 1 aromatic heterocycles. The van der Waals surface area contributed by atoms with Gasteiger partial charge < -0.3 is 10.1 Å². The third-order valence-corrected chi connectivity index (χ3v) is 6.48. The SMILES string of the molecule is CC(C)[C@H](NS(=O)(=O)c1cccs1)C(=O)OCC(=O)NCc1ccccc1. The van der Waals surface area contributed by atoms with Gasteiger partial charge in [0, 0.05) is 6.54 Å². The van der Waals surface area contributed by atoms with Gasteiger partial charge in [-0.3, -0.25) is 9.59 Å². The van der Waals surface area contributed by atoms with Crippen molar-refractivity contribution in [3.05, 3.63) is 53.4 Å². The molecule has 0 saturated carbocycles. The van der Waals surface area contributed by atoms with Crippen LogP contribution in [-0.4, -0.2) is 32.9 Å². The maximum Gasteiger partial charge on any atom is 0.324 e. The first kappa shape index (κ1) is 21.1. The van der Waals surface area contributed by atoms with Gasteiger partial charge in [0.1, 0.15) is 10.3 Å². The molecule has 0 bridgehead atoms. The highest BCUT2D eigenvalue weighted by atomic mass is 32.2. The number of esters is 1. The van der Waals surface area contributed by atoms with Gasteiger partial charge in [-0.05, 0) is 22.9 Å². The minimum Gasteiger partial charge on any atom is -0.454 e. The molecule has 0 saturated heterocycles. The Morgan fingerprint density at radius 1 is 1.11 bits per heavy atom. The van der Waals surface area contributed by atoms with Crippen LogP contribution >= 0.6 is 11.3 Å². The summed E-state index contributed by atoms with van der Waals surface area (Å²) in [6.07, 6.45) is 0. The summed E-state index contributed by atoms with van der Waals surface area (Å²) in [6.45, 7) is 3.22. The summed E-state index contributed by atoms with van der Waals surface area (Å²) < 4.78 is 32.1. The Labute approximate surface area is 162 Å². The highest BCUT2D eigenvalue weighted by molar-refractivity contribution is 7.91. The average molecular weight is 411 g/mol. The van der Waals surface area contributed by atoms with E-state index in [2.05, 4.69) is 10.0 Å². The van der Waals surface area contributed by atoms with Crippen molar-refractivity contribution < 1.29 is 22.7 Å². The maximum atomic E-state index is 12.3. The van der Waals surface area contributed by atoms with Gasteiger partial charge in [0.15, 0.2) is 6.61 Å². The Kier molecular flexibility index (Phi) is 7.52. The molecule has 0 fully saturated rings. The minimum atomic E-state index is -3.82. The van der Waals surface area contributed by atoms with E-state index in [0.29, 0.717) is 6.54 Å². The van der Waals surface area contributed by atoms with E-state index in [1.165, 1.54) is 6.07 Å². The molecule has 0 aliphatic rings. The molecular formula is C18H22N2O5S2. The second kappa shape index (κ2) is 9.63. The zero-order valence-electron chi connectivity index (χ0n) is 15.0. The average Bonchev–Trinajstić information content (AvgIpc) is 3.19. The Morgan fingerprint density at radius 2 is 1.81 bits per heavy atom. The summed E-state index contributed by atoms with van der Waals surface area (Å²) in [5, 5.41) is 4.27. The van der Waals surface area contributed by atoms with Crippen molar-refractivity contribution in [2.24, 2.45) is 5.92 Å². The van der Waals surface area contributed by atoms with Crippen LogP contribution in [0.3, 0.4) is 0 Å². The van der Waals surface area contributed by atoms with Crippen molar-refractivity contribution >= 4 is 33.2 Å². The Morgan fingerprint density at radius 3 is 2.41 bits per heavy atom. The van der Waals surface area contributed by atoms with Crippen molar-refractivity contribution in [1.82, 2.24) is 10.0 Å². The summed E-state index contributed by atoms with van der Waals surface area (Å²) in [4.78, 5) is 24.1. The van der Waals surface area contributed by atoms with E-state index in [-0.39, 0.29) is 10.1 Å². The molecule has 9 heteroatoms. The first-order valence-corrected chi connectivity index (χ1v) is 10.7. The molecular weight excluding hydrogens is 388 g/mol. The van der Waals surface area contributed by atoms with Gasteiger partial charge in [0.05, 0.1) is 0 Å². The number of ether oxygens (including phenoxy) is 1. The Balaban J connectivity index is 1.88. The normalized spacial score (nSPS) is 12.6. The van der Waals surface area contributed by atoms with Gasteiger partial charge >= 0.3 is 5.97 Å². The Hall–Kier alpha value is -2.23. The predicted octanol–water partition coefficient (Wildman–Crippen LogP) is 1.91. The number of rotatable bonds is 9. The number of hydrogen-bond donors (Lipinski definition) is 2. The van der Waals surface area contributed by atoms with Gasteiger partial charge in [-0.1, -0.05) is 50.2 Å². The number of carbonyl (C=O) groups is 2. The summed E-state index contributed by atoms with van der Waals surface area (Å²) >= 11 is 1.05. The summed E-state index contributed by atoms with van der Waals surface area (Å²) in [5.41, 5.74) is 0.918. The summed E-state index contributed by atoms with van der Waals surface area (Å²) in [7, 11) is -3.82. The smallest absolute Gasteiger partial charge is 0.324 e. The molecule has 0 aliphatic heterocycles. The summed E-state index contributed by atoms with van der Waals surface area (Å²) in [5.74, 6) is -1.60. The van der Waals surface area contributed by atoms with Crippen LogP contribution < -0.4 is 10.0 Å². The zero-order valence-corrected chi connectivity index (χ0v) is 16.7. The topological polar surface area (TPSA) is 102 Å². The Bertz CT molecular complexity index is 849. The van der Waals surface area contributed by atoms with E-state index in [1.54, 1.807) is 25.3 Å². The third kappa shape index (κ3) is 6.46. The lowest BCUT2D eigenvalue weighted by atomic mass is 10.1. The van der Waals surface area contributed by atoms with Crippen LogP contribution in [0.5, 0.6) is 0 Å². The van der Waals surface area contributed by atoms with Crippen LogP contribution in [0, 0.1) is 5.92 Å². The van der Waals surface area contributed by atoms with Crippen LogP contribution in [0.2, 0.25) is 0 Å². The molecule has 0 spiro atoms. The molecule has 1 aromatic carbocycles. The molecule has 1 heterocycles. The number of hydrogen-bond acceptors (Lipinski definition) is 6. The van der Waals surface area contributed by atoms with Crippen molar-refractivity contribution in [2.45, 2.75) is 30.6 Å². The van der Waals surface area contributed by atoms with E-state index in [9.17, 15) is 18.0 Å². The fourth-order valence-electron chi connectivity index (χ4n) is 2.17. The predicted molar refractivity (Wildman–Crippen MR) is 103 cm³/mol. The molecule has 27 heavy (non-hydrogen) atoms. The third-order valence-electron chi connectivity index (χ3n) is 3.64. The number of nitrogens with one attached hydrogen (secondary N) is 2. The molecule has 0 unspecified atom stereocenters. The minimum absolute atomic E-state index is 0.113. The van der Waals surface area contributed by atoms with Crippen LogP contribution in [0.1, 0.15) is 19.4 Å². The number of benzene rings is 1. The van der Waals surface area contributed by atoms with Gasteiger partial charge in [-0.25, -0.2) is 8.42 Å². The number of sulfonamides is 1. The van der Waals surface area contributed by atoms with Crippen LogP contribution in [0.15, 0.2) is 52.1 Å². The lowest BCUT2D eigenvalue weighted by Gasteiger charge is -2.20. The van der Waals surface area contributed by atoms with Crippen molar-refractivity contribution in [3.8, 4) is 0 Å². The quantitative estimate of drug-likeness (QED) is 0.615. The largest absolute Gasteiger partial charge is 0.454 e. The number of thiophene rings is 1. The van der Waals surface area contributed by atoms with E-state index >= 15 is 0 Å². The maximum absolute atomic E-state index is 12.3. The van der Waals surface area contributed by atoms with Crippen molar-refractivity contribution in [3.63, 3.8) is 0 Å². The first-order chi connectivity index (χ1) is 12.8. The molecule has 1 atom stereocenters. The zero-order chi connectivity index (χ0) is 19.9. The van der Waals surface area contributed by atoms with Crippen LogP contribution in [0.4, 0.5) is 0 Å². The lowest BCUT2D eigenvalue weighted by molar-refractivity contribution is -0.151. The van der Waals surface area contributed by atoms with Gasteiger partial charge in [0.25, 0.3) is 15.9 Å². The van der Waals surface area contributed by atoms with E-state index in [0.717, 1.165) is 16.9 Å². The second-order valence-electron chi connectivity index (χ2n) is 6.15. The van der Waals surface area contributed by atoms with E-state index < -0.39 is 34.5 Å². The molecule has 0 radical (unpaired) electrons. The molecule has 2 N–H and O–H groups in total. The molecule has 146 valence electrons. The second-order valence-corrected chi connectivity index (χ2v) is 9.03. The lowest BCUT2D eigenvalue weighted by Crippen LogP contribution is -2.45. The van der Waals surface area contributed by atoms with E-state index in [1.807, 2.05) is 30.3 Å². The van der Waals surface area contributed by atoms with Gasteiger partial charge in [-0.2, -0.15) is 4.72 Å². The van der Waals surface area contributed by atoms with Crippen LogP contribution in [0.25, 0.3) is 0 Å². The molecule has 1 amide bonds. The molecule has 7 nitrogen and oxygen atoms in total. The monoisotopic (exact) mass is 410 g/mol. The fourth-order valence-corrected chi connectivity index (χ4v) is 4.51. The standard InChI is InChI=1S/C18H22N2O5S2/c1-13(2)17(20-27(23,24)16-9-6-10-26-16)18(22)25-12-15(21)19-11-14-7-4-3-5-8-14/h3-10,13,17,20H,11-12H2,1-2H3,(H,19,21)/t17-/m0/s1. The van der Waals surface area contributed by atoms with E-state index in [4.69, 9.17) is 4.74 Å².